The number of aliphatic carboxylic acids is 1. The van der Waals surface area contributed by atoms with Gasteiger partial charge in [-0.05, 0) is 12.1 Å². The van der Waals surface area contributed by atoms with Crippen LogP contribution in [-0.2, 0) is 4.79 Å². The molecule has 0 amide bonds. The number of benzene rings is 1. The van der Waals surface area contributed by atoms with Crippen LogP contribution in [0.4, 0.5) is 4.39 Å². The van der Waals surface area contributed by atoms with Crippen molar-refractivity contribution in [1.29, 1.82) is 0 Å². The second kappa shape index (κ2) is 5.22. The zero-order valence-electron chi connectivity index (χ0n) is 9.21. The number of hydrogen-bond donors (Lipinski definition) is 1. The lowest BCUT2D eigenvalue weighted by molar-refractivity contribution is -0.139. The molecule has 6 heteroatoms. The van der Waals surface area contributed by atoms with Gasteiger partial charge in [0.25, 0.3) is 0 Å². The zero-order valence-corrected chi connectivity index (χ0v) is 9.21. The molecule has 0 fully saturated rings. The lowest BCUT2D eigenvalue weighted by Gasteiger charge is -2.04. The number of rotatable bonds is 4. The summed E-state index contributed by atoms with van der Waals surface area (Å²) in [6.45, 7) is -0.487. The van der Waals surface area contributed by atoms with Gasteiger partial charge in [-0.1, -0.05) is 12.1 Å². The lowest BCUT2D eigenvalue weighted by Crippen LogP contribution is -2.10. The van der Waals surface area contributed by atoms with E-state index in [9.17, 15) is 9.18 Å². The Hall–Kier alpha value is -2.50. The van der Waals surface area contributed by atoms with Gasteiger partial charge in [0, 0.05) is 17.8 Å². The highest BCUT2D eigenvalue weighted by molar-refractivity contribution is 5.68. The summed E-state index contributed by atoms with van der Waals surface area (Å²) in [6, 6.07) is 7.23. The van der Waals surface area contributed by atoms with E-state index in [-0.39, 0.29) is 11.7 Å². The van der Waals surface area contributed by atoms with Crippen LogP contribution in [0, 0.1) is 5.82 Å². The van der Waals surface area contributed by atoms with Crippen molar-refractivity contribution in [3.63, 3.8) is 0 Å². The number of carbonyl (C=O) groups is 1. The van der Waals surface area contributed by atoms with Gasteiger partial charge in [0.05, 0.1) is 0 Å². The molecule has 0 aliphatic rings. The highest BCUT2D eigenvalue weighted by Crippen LogP contribution is 2.17. The Balaban J connectivity index is 2.24. The maximum absolute atomic E-state index is 13.0. The molecule has 1 aromatic heterocycles. The van der Waals surface area contributed by atoms with Gasteiger partial charge in [0.2, 0.25) is 5.88 Å². The van der Waals surface area contributed by atoms with Gasteiger partial charge in [-0.3, -0.25) is 0 Å². The molecule has 1 aromatic carbocycles. The molecule has 2 aromatic rings. The predicted octanol–water partition coefficient (Wildman–Crippen LogP) is 1.75. The first kappa shape index (κ1) is 12.0. The Labute approximate surface area is 102 Å². The van der Waals surface area contributed by atoms with Crippen molar-refractivity contribution < 1.29 is 19.0 Å². The topological polar surface area (TPSA) is 72.3 Å². The minimum absolute atomic E-state index is 0.131. The highest BCUT2D eigenvalue weighted by Gasteiger charge is 2.05. The summed E-state index contributed by atoms with van der Waals surface area (Å²) >= 11 is 0. The van der Waals surface area contributed by atoms with Crippen molar-refractivity contribution in [3.8, 4) is 17.3 Å². The molecule has 2 rings (SSSR count). The molecule has 0 atom stereocenters. The van der Waals surface area contributed by atoms with Crippen molar-refractivity contribution in [2.75, 3.05) is 6.61 Å². The van der Waals surface area contributed by atoms with E-state index in [1.807, 2.05) is 0 Å². The molecule has 1 heterocycles. The summed E-state index contributed by atoms with van der Waals surface area (Å²) in [5.74, 6) is -1.09. The molecule has 0 saturated carbocycles. The number of nitrogens with zero attached hydrogens (tertiary/aromatic N) is 2. The lowest BCUT2D eigenvalue weighted by atomic mass is 10.2. The van der Waals surface area contributed by atoms with Gasteiger partial charge in [-0.2, -0.15) is 4.98 Å². The molecule has 0 spiro atoms. The van der Waals surface area contributed by atoms with Crippen molar-refractivity contribution in [2.24, 2.45) is 0 Å². The summed E-state index contributed by atoms with van der Waals surface area (Å²) in [5, 5.41) is 8.48. The number of carboxylic acids is 1. The van der Waals surface area contributed by atoms with Crippen LogP contribution in [0.15, 0.2) is 36.5 Å². The van der Waals surface area contributed by atoms with E-state index in [1.165, 1.54) is 24.4 Å². The monoisotopic (exact) mass is 248 g/mol. The molecule has 92 valence electrons. The largest absolute Gasteiger partial charge is 0.479 e. The van der Waals surface area contributed by atoms with Crippen molar-refractivity contribution >= 4 is 5.97 Å². The minimum atomic E-state index is -1.10. The first-order valence-corrected chi connectivity index (χ1v) is 5.09. The molecule has 5 nitrogen and oxygen atoms in total. The van der Waals surface area contributed by atoms with Crippen molar-refractivity contribution in [3.05, 3.63) is 42.3 Å². The van der Waals surface area contributed by atoms with Gasteiger partial charge in [0.15, 0.2) is 12.4 Å². The third-order valence-electron chi connectivity index (χ3n) is 2.06. The highest BCUT2D eigenvalue weighted by atomic mass is 19.1. The number of halogens is 1. The van der Waals surface area contributed by atoms with Gasteiger partial charge in [-0.25, -0.2) is 14.2 Å². The fraction of sp³-hybridized carbons (Fsp3) is 0.0833. The van der Waals surface area contributed by atoms with E-state index < -0.39 is 18.4 Å². The zero-order chi connectivity index (χ0) is 13.0. The maximum Gasteiger partial charge on any atom is 0.341 e. The number of hydrogen-bond acceptors (Lipinski definition) is 4. The SMILES string of the molecule is O=C(O)COc1ccnc(-c2cccc(F)c2)n1. The number of aromatic nitrogens is 2. The first-order chi connectivity index (χ1) is 8.65. The summed E-state index contributed by atoms with van der Waals surface area (Å²) in [6.07, 6.45) is 1.42. The van der Waals surface area contributed by atoms with Gasteiger partial charge in [-0.15, -0.1) is 0 Å². The van der Waals surface area contributed by atoms with Gasteiger partial charge < -0.3 is 9.84 Å². The molecule has 18 heavy (non-hydrogen) atoms. The summed E-state index contributed by atoms with van der Waals surface area (Å²) < 4.78 is 18.0. The Morgan fingerprint density at radius 1 is 1.39 bits per heavy atom. The summed E-state index contributed by atoms with van der Waals surface area (Å²) in [4.78, 5) is 18.3. The van der Waals surface area contributed by atoms with Crippen molar-refractivity contribution in [1.82, 2.24) is 9.97 Å². The fourth-order valence-corrected chi connectivity index (χ4v) is 1.32. The van der Waals surface area contributed by atoms with E-state index in [4.69, 9.17) is 9.84 Å². The Morgan fingerprint density at radius 2 is 2.22 bits per heavy atom. The average Bonchev–Trinajstić information content (AvgIpc) is 2.37. The first-order valence-electron chi connectivity index (χ1n) is 5.09. The smallest absolute Gasteiger partial charge is 0.341 e. The molecule has 0 bridgehead atoms. The molecule has 0 unspecified atom stereocenters. The van der Waals surface area contributed by atoms with Gasteiger partial charge >= 0.3 is 5.97 Å². The van der Waals surface area contributed by atoms with Crippen LogP contribution in [0.1, 0.15) is 0 Å². The molecular weight excluding hydrogens is 239 g/mol. The number of ether oxygens (including phenoxy) is 1. The Morgan fingerprint density at radius 3 is 2.94 bits per heavy atom. The summed E-state index contributed by atoms with van der Waals surface area (Å²) in [7, 11) is 0. The standard InChI is InChI=1S/C12H9FN2O3/c13-9-3-1-2-8(6-9)12-14-5-4-10(15-12)18-7-11(16)17/h1-6H,7H2,(H,16,17). The van der Waals surface area contributed by atoms with Crippen LogP contribution >= 0.6 is 0 Å². The van der Waals surface area contributed by atoms with E-state index in [1.54, 1.807) is 12.1 Å². The Kier molecular flexibility index (Phi) is 3.47. The molecule has 0 radical (unpaired) electrons. The summed E-state index contributed by atoms with van der Waals surface area (Å²) in [5.41, 5.74) is 0.496. The van der Waals surface area contributed by atoms with Crippen LogP contribution in [-0.4, -0.2) is 27.7 Å². The average molecular weight is 248 g/mol. The normalized spacial score (nSPS) is 10.1. The Bertz CT molecular complexity index is 575. The van der Waals surface area contributed by atoms with E-state index in [0.717, 1.165) is 0 Å². The molecule has 1 N–H and O–H groups in total. The second-order valence-electron chi connectivity index (χ2n) is 3.41. The van der Waals surface area contributed by atoms with E-state index >= 15 is 0 Å². The van der Waals surface area contributed by atoms with Crippen LogP contribution in [0.5, 0.6) is 5.88 Å². The minimum Gasteiger partial charge on any atom is -0.479 e. The van der Waals surface area contributed by atoms with E-state index in [2.05, 4.69) is 9.97 Å². The van der Waals surface area contributed by atoms with Crippen LogP contribution in [0.2, 0.25) is 0 Å². The van der Waals surface area contributed by atoms with Gasteiger partial charge in [0.1, 0.15) is 5.82 Å². The van der Waals surface area contributed by atoms with Crippen LogP contribution in [0.3, 0.4) is 0 Å². The van der Waals surface area contributed by atoms with E-state index in [0.29, 0.717) is 5.56 Å². The second-order valence-corrected chi connectivity index (χ2v) is 3.41. The number of carboxylic acid groups (broad SMARTS) is 1. The maximum atomic E-state index is 13.0. The third-order valence-corrected chi connectivity index (χ3v) is 2.06. The molecule has 0 aliphatic heterocycles. The van der Waals surface area contributed by atoms with Crippen molar-refractivity contribution in [2.45, 2.75) is 0 Å². The quantitative estimate of drug-likeness (QED) is 0.892. The third kappa shape index (κ3) is 3.00. The molecular formula is C12H9FN2O3. The van der Waals surface area contributed by atoms with Crippen LogP contribution in [0.25, 0.3) is 11.4 Å². The molecule has 0 aliphatic carbocycles. The van der Waals surface area contributed by atoms with Crippen LogP contribution < -0.4 is 4.74 Å². The molecule has 0 saturated heterocycles. The predicted molar refractivity (Wildman–Crippen MR) is 60.6 cm³/mol. The fourth-order valence-electron chi connectivity index (χ4n) is 1.32.